The minimum absolute atomic E-state index is 0.0153. The molecule has 0 N–H and O–H groups in total. The Labute approximate surface area is 269 Å². The molecular formula is C30H36ClN3O9S2. The number of carbonyl (C=O) groups excluding carboxylic acids is 1. The number of aryl methyl sites for hydroxylation is 1. The van der Waals surface area contributed by atoms with Crippen LogP contribution in [0.5, 0.6) is 17.2 Å². The Kier molecular flexibility index (Phi) is 10.4. The molecule has 1 aliphatic heterocycles. The van der Waals surface area contributed by atoms with Crippen molar-refractivity contribution < 1.29 is 35.8 Å². The largest absolute Gasteiger partial charge is 0.491 e. The number of pyridine rings is 1. The summed E-state index contributed by atoms with van der Waals surface area (Å²) in [6, 6.07) is 10.8. The number of thiol groups is 1. The van der Waals surface area contributed by atoms with E-state index in [1.807, 2.05) is 0 Å². The zero-order chi connectivity index (χ0) is 33.1. The van der Waals surface area contributed by atoms with E-state index in [0.717, 1.165) is 4.31 Å². The topological polar surface area (TPSA) is 142 Å². The van der Waals surface area contributed by atoms with Gasteiger partial charge in [-0.05, 0) is 57.2 Å². The molecule has 0 aliphatic carbocycles. The quantitative estimate of drug-likeness (QED) is 0.375. The third-order valence-electron chi connectivity index (χ3n) is 6.87. The van der Waals surface area contributed by atoms with E-state index in [2.05, 4.69) is 0 Å². The van der Waals surface area contributed by atoms with Gasteiger partial charge >= 0.3 is 6.09 Å². The first-order valence-electron chi connectivity index (χ1n) is 14.1. The summed E-state index contributed by atoms with van der Waals surface area (Å²) in [4.78, 5) is 27.3. The first kappa shape index (κ1) is 34.1. The molecule has 1 aromatic heterocycles. The van der Waals surface area contributed by atoms with Crippen LogP contribution in [0.3, 0.4) is 0 Å². The highest BCUT2D eigenvalue weighted by Crippen LogP contribution is 2.41. The van der Waals surface area contributed by atoms with Gasteiger partial charge in [0.25, 0.3) is 5.56 Å². The molecule has 15 heteroatoms. The number of hydrogen-bond acceptors (Lipinski definition) is 9. The van der Waals surface area contributed by atoms with Crippen LogP contribution < -0.4 is 19.3 Å². The lowest BCUT2D eigenvalue weighted by atomic mass is 10.0. The fourth-order valence-corrected chi connectivity index (χ4v) is 6.17. The average molecular weight is 682 g/mol. The molecular weight excluding hydrogens is 646 g/mol. The predicted molar refractivity (Wildman–Crippen MR) is 173 cm³/mol. The molecule has 0 unspecified atom stereocenters. The van der Waals surface area contributed by atoms with E-state index < -0.39 is 32.4 Å². The van der Waals surface area contributed by atoms with E-state index in [0.29, 0.717) is 27.5 Å². The minimum Gasteiger partial charge on any atom is -0.491 e. The van der Waals surface area contributed by atoms with E-state index >= 15 is 0 Å². The molecule has 0 saturated heterocycles. The second kappa shape index (κ2) is 13.7. The average Bonchev–Trinajstić information content (AvgIpc) is 2.94. The first-order chi connectivity index (χ1) is 21.1. The molecule has 12 nitrogen and oxygen atoms in total. The first-order valence-corrected chi connectivity index (χ1v) is 17.4. The van der Waals surface area contributed by atoms with Crippen LogP contribution in [-0.4, -0.2) is 69.2 Å². The number of nitrogens with zero attached hydrogens (tertiary/aromatic N) is 3. The molecule has 0 fully saturated rings. The summed E-state index contributed by atoms with van der Waals surface area (Å²) in [5.41, 5.74) is 0.420. The summed E-state index contributed by atoms with van der Waals surface area (Å²) in [5.74, 6) is 0.333. The van der Waals surface area contributed by atoms with Crippen molar-refractivity contribution in [1.82, 2.24) is 9.47 Å². The van der Waals surface area contributed by atoms with Crippen LogP contribution >= 0.6 is 11.6 Å². The third-order valence-corrected chi connectivity index (χ3v) is 9.61. The molecule has 0 saturated carbocycles. The van der Waals surface area contributed by atoms with E-state index in [-0.39, 0.29) is 60.5 Å². The number of benzene rings is 2. The van der Waals surface area contributed by atoms with E-state index in [1.165, 1.54) is 34.7 Å². The highest BCUT2D eigenvalue weighted by molar-refractivity contribution is 7.91. The van der Waals surface area contributed by atoms with Crippen molar-refractivity contribution in [1.29, 1.82) is 0 Å². The smallest absolute Gasteiger partial charge is 0.410 e. The van der Waals surface area contributed by atoms with Crippen molar-refractivity contribution in [2.45, 2.75) is 39.8 Å². The molecule has 45 heavy (non-hydrogen) atoms. The fourth-order valence-electron chi connectivity index (χ4n) is 4.51. The molecule has 0 radical (unpaired) electrons. The lowest BCUT2D eigenvalue weighted by molar-refractivity contribution is 0.0208. The maximum Gasteiger partial charge on any atom is 0.410 e. The van der Waals surface area contributed by atoms with Crippen LogP contribution in [-0.2, 0) is 39.1 Å². The SMILES string of the molecule is CCS(=O)(=O)CCN(c1ccc2c(c1)-c1cn(C)c(=O)cc1OCCN(C(=O)OC(C)(C)C)Cc1cc(Cl)ccc1O2)[SH](=O)=O. The molecule has 0 bridgehead atoms. The van der Waals surface area contributed by atoms with Crippen LogP contribution in [0.2, 0.25) is 5.02 Å². The number of anilines is 1. The van der Waals surface area contributed by atoms with Gasteiger partial charge in [-0.25, -0.2) is 21.6 Å². The molecule has 3 aromatic rings. The Morgan fingerprint density at radius 2 is 1.78 bits per heavy atom. The summed E-state index contributed by atoms with van der Waals surface area (Å²) in [6.07, 6.45) is 0.952. The standard InChI is InChI=1S/C30H36ClN3O9S2/c1-6-45(39,40)14-12-34(44(37)38)22-8-10-26-23(16-22)24-19-32(5)28(35)17-27(24)41-13-11-33(29(36)43-30(2,3)4)18-20-15-21(31)7-9-25(20)42-26/h7-10,15-17,19,44H,6,11-14,18H2,1-5H3. The summed E-state index contributed by atoms with van der Waals surface area (Å²) in [6.45, 7) is 6.61. The molecule has 1 amide bonds. The van der Waals surface area contributed by atoms with Crippen molar-refractivity contribution >= 4 is 44.1 Å². The number of fused-ring (bicyclic) bond motifs is 4. The summed E-state index contributed by atoms with van der Waals surface area (Å²) < 4.78 is 69.4. The van der Waals surface area contributed by atoms with Crippen LogP contribution in [0.4, 0.5) is 10.5 Å². The van der Waals surface area contributed by atoms with E-state index in [4.69, 9.17) is 25.8 Å². The molecule has 1 aliphatic rings. The maximum atomic E-state index is 13.2. The number of aromatic nitrogens is 1. The summed E-state index contributed by atoms with van der Waals surface area (Å²) in [5, 5.41) is 0.415. The molecule has 2 aromatic carbocycles. The van der Waals surface area contributed by atoms with Gasteiger partial charge in [-0.3, -0.25) is 9.10 Å². The fraction of sp³-hybridized carbons (Fsp3) is 0.400. The van der Waals surface area contributed by atoms with Crippen LogP contribution in [0.25, 0.3) is 11.1 Å². The number of ether oxygens (including phenoxy) is 3. The van der Waals surface area contributed by atoms with Gasteiger partial charge in [0.15, 0.2) is 9.84 Å². The minimum atomic E-state index is -3.46. The van der Waals surface area contributed by atoms with Crippen molar-refractivity contribution in [3.63, 3.8) is 0 Å². The van der Waals surface area contributed by atoms with Crippen LogP contribution in [0.15, 0.2) is 53.5 Å². The maximum absolute atomic E-state index is 13.2. The highest BCUT2D eigenvalue weighted by Gasteiger charge is 2.26. The van der Waals surface area contributed by atoms with Gasteiger partial charge < -0.3 is 23.7 Å². The predicted octanol–water partition coefficient (Wildman–Crippen LogP) is 4.40. The summed E-state index contributed by atoms with van der Waals surface area (Å²) >= 11 is 6.34. The number of hydrogen-bond donors (Lipinski definition) is 1. The van der Waals surface area contributed by atoms with Gasteiger partial charge in [0.1, 0.15) is 29.5 Å². The third kappa shape index (κ3) is 8.70. The normalized spacial score (nSPS) is 13.7. The highest BCUT2D eigenvalue weighted by atomic mass is 35.5. The van der Waals surface area contributed by atoms with Crippen LogP contribution in [0.1, 0.15) is 33.3 Å². The Bertz CT molecular complexity index is 1820. The zero-order valence-corrected chi connectivity index (χ0v) is 28.1. The second-order valence-corrected chi connectivity index (χ2v) is 15.3. The van der Waals surface area contributed by atoms with Crippen molar-refractivity contribution in [2.24, 2.45) is 7.05 Å². The molecule has 0 atom stereocenters. The Morgan fingerprint density at radius 3 is 2.44 bits per heavy atom. The van der Waals surface area contributed by atoms with Gasteiger partial charge in [0.05, 0.1) is 24.5 Å². The lowest BCUT2D eigenvalue weighted by Crippen LogP contribution is -2.38. The Hall–Kier alpha value is -3.75. The number of amides is 1. The van der Waals surface area contributed by atoms with E-state index in [1.54, 1.807) is 58.2 Å². The molecule has 2 heterocycles. The monoisotopic (exact) mass is 681 g/mol. The lowest BCUT2D eigenvalue weighted by Gasteiger charge is -2.29. The van der Waals surface area contributed by atoms with Gasteiger partial charge in [0.2, 0.25) is 10.9 Å². The number of halogens is 1. The van der Waals surface area contributed by atoms with Crippen LogP contribution in [0, 0.1) is 0 Å². The Balaban J connectivity index is 1.89. The second-order valence-electron chi connectivity index (χ2n) is 11.4. The number of sulfone groups is 1. The molecule has 4 rings (SSSR count). The van der Waals surface area contributed by atoms with Gasteiger partial charge in [-0.2, -0.15) is 0 Å². The summed E-state index contributed by atoms with van der Waals surface area (Å²) in [7, 11) is -5.11. The zero-order valence-electron chi connectivity index (χ0n) is 25.6. The van der Waals surface area contributed by atoms with Gasteiger partial charge in [-0.1, -0.05) is 18.5 Å². The van der Waals surface area contributed by atoms with Crippen molar-refractivity contribution in [2.75, 3.05) is 35.5 Å². The van der Waals surface area contributed by atoms with Crippen molar-refractivity contribution in [3.05, 3.63) is 69.6 Å². The van der Waals surface area contributed by atoms with Gasteiger partial charge in [0, 0.05) is 53.3 Å². The van der Waals surface area contributed by atoms with Crippen molar-refractivity contribution in [3.8, 4) is 28.4 Å². The van der Waals surface area contributed by atoms with Gasteiger partial charge in [-0.15, -0.1) is 0 Å². The van der Waals surface area contributed by atoms with E-state index in [9.17, 15) is 26.4 Å². The number of rotatable bonds is 6. The number of carbonyl (C=O) groups is 1. The Morgan fingerprint density at radius 1 is 1.07 bits per heavy atom. The molecule has 244 valence electrons. The molecule has 0 spiro atoms.